The Hall–Kier alpha value is -3.36. The summed E-state index contributed by atoms with van der Waals surface area (Å²) in [5.74, 6) is 0.932. The molecule has 1 aliphatic rings. The largest absolute Gasteiger partial charge is 0.310 e. The molecule has 1 aliphatic heterocycles. The van der Waals surface area contributed by atoms with Gasteiger partial charge in [-0.25, -0.2) is 14.6 Å². The van der Waals surface area contributed by atoms with E-state index in [1.807, 2.05) is 48.5 Å². The van der Waals surface area contributed by atoms with Crippen molar-refractivity contribution in [2.45, 2.75) is 12.5 Å². The molecule has 0 atom stereocenters. The van der Waals surface area contributed by atoms with Gasteiger partial charge in [-0.15, -0.1) is 11.3 Å². The van der Waals surface area contributed by atoms with Gasteiger partial charge in [0.2, 0.25) is 0 Å². The average Bonchev–Trinajstić information content (AvgIpc) is 3.35. The molecule has 0 aliphatic carbocycles. The summed E-state index contributed by atoms with van der Waals surface area (Å²) < 4.78 is 2.95. The lowest BCUT2D eigenvalue weighted by Crippen LogP contribution is -2.45. The second-order valence-electron chi connectivity index (χ2n) is 7.55. The molecule has 30 heavy (non-hydrogen) atoms. The van der Waals surface area contributed by atoms with Crippen molar-refractivity contribution in [1.29, 1.82) is 0 Å². The topological polar surface area (TPSA) is 79.7 Å². The summed E-state index contributed by atoms with van der Waals surface area (Å²) >= 11 is 1.74. The number of aromatic amines is 1. The molecule has 8 heteroatoms. The molecule has 4 heterocycles. The molecule has 148 valence electrons. The molecule has 1 fully saturated rings. The Morgan fingerprint density at radius 1 is 1.03 bits per heavy atom. The van der Waals surface area contributed by atoms with Crippen LogP contribution in [0.3, 0.4) is 0 Å². The van der Waals surface area contributed by atoms with Crippen molar-refractivity contribution in [2.24, 2.45) is 0 Å². The van der Waals surface area contributed by atoms with Crippen LogP contribution in [0.5, 0.6) is 0 Å². The number of nitrogens with one attached hydrogen (secondary N) is 1. The van der Waals surface area contributed by atoms with Gasteiger partial charge in [0.15, 0.2) is 5.65 Å². The second kappa shape index (κ2) is 6.86. The van der Waals surface area contributed by atoms with Crippen LogP contribution in [0.15, 0.2) is 65.6 Å². The third-order valence-electron chi connectivity index (χ3n) is 5.50. The number of benzene rings is 2. The maximum absolute atomic E-state index is 12.6. The fourth-order valence-electron chi connectivity index (χ4n) is 3.94. The predicted octanol–water partition coefficient (Wildman–Crippen LogP) is 3.32. The predicted molar refractivity (Wildman–Crippen MR) is 117 cm³/mol. The first kappa shape index (κ1) is 17.5. The van der Waals surface area contributed by atoms with Crippen molar-refractivity contribution in [2.75, 3.05) is 13.1 Å². The SMILES string of the molecule is O=c1[nH]c(C2CN(Cc3nc4ccccc4s3)C2)nc2c1cnn2-c1ccccc1. The molecule has 0 unspecified atom stereocenters. The molecule has 0 radical (unpaired) electrons. The van der Waals surface area contributed by atoms with E-state index >= 15 is 0 Å². The zero-order valence-corrected chi connectivity index (χ0v) is 16.8. The summed E-state index contributed by atoms with van der Waals surface area (Å²) in [5.41, 5.74) is 2.41. The molecule has 2 aromatic carbocycles. The highest BCUT2D eigenvalue weighted by atomic mass is 32.1. The van der Waals surface area contributed by atoms with Crippen LogP contribution in [-0.4, -0.2) is 42.7 Å². The number of nitrogens with zero attached hydrogens (tertiary/aromatic N) is 5. The van der Waals surface area contributed by atoms with Crippen molar-refractivity contribution in [3.63, 3.8) is 0 Å². The van der Waals surface area contributed by atoms with E-state index in [9.17, 15) is 4.79 Å². The second-order valence-corrected chi connectivity index (χ2v) is 8.66. The number of likely N-dealkylation sites (tertiary alicyclic amines) is 1. The van der Waals surface area contributed by atoms with Crippen LogP contribution in [0.4, 0.5) is 0 Å². The van der Waals surface area contributed by atoms with Gasteiger partial charge in [0.05, 0.1) is 28.6 Å². The number of H-pyrrole nitrogens is 1. The lowest BCUT2D eigenvalue weighted by atomic mass is 9.99. The van der Waals surface area contributed by atoms with Gasteiger partial charge in [-0.1, -0.05) is 30.3 Å². The first-order chi connectivity index (χ1) is 14.7. The van der Waals surface area contributed by atoms with Gasteiger partial charge in [0.25, 0.3) is 5.56 Å². The third-order valence-corrected chi connectivity index (χ3v) is 6.52. The standard InChI is InChI=1S/C22H18N6OS/c29-22-16-10-23-28(15-6-2-1-3-7-15)21(16)25-20(26-22)14-11-27(12-14)13-19-24-17-8-4-5-9-18(17)30-19/h1-10,14H,11-13H2,(H,25,26,29). The monoisotopic (exact) mass is 414 g/mol. The minimum absolute atomic E-state index is 0.137. The van der Waals surface area contributed by atoms with Crippen LogP contribution in [-0.2, 0) is 6.54 Å². The van der Waals surface area contributed by atoms with E-state index in [-0.39, 0.29) is 11.5 Å². The van der Waals surface area contributed by atoms with Gasteiger partial charge in [0.1, 0.15) is 16.2 Å². The van der Waals surface area contributed by atoms with Crippen LogP contribution >= 0.6 is 11.3 Å². The number of para-hydroxylation sites is 2. The number of hydrogen-bond acceptors (Lipinski definition) is 6. The molecule has 1 saturated heterocycles. The summed E-state index contributed by atoms with van der Waals surface area (Å²) in [6.07, 6.45) is 1.58. The molecule has 6 rings (SSSR count). The van der Waals surface area contributed by atoms with Crippen LogP contribution in [0.1, 0.15) is 16.7 Å². The summed E-state index contributed by atoms with van der Waals surface area (Å²) in [6, 6.07) is 18.0. The summed E-state index contributed by atoms with van der Waals surface area (Å²) in [5, 5.41) is 6.01. The Kier molecular flexibility index (Phi) is 4.00. The molecule has 1 N–H and O–H groups in total. The highest BCUT2D eigenvalue weighted by Gasteiger charge is 2.31. The minimum Gasteiger partial charge on any atom is -0.310 e. The van der Waals surface area contributed by atoms with Gasteiger partial charge in [-0.3, -0.25) is 9.69 Å². The van der Waals surface area contributed by atoms with Crippen molar-refractivity contribution in [3.8, 4) is 5.69 Å². The van der Waals surface area contributed by atoms with E-state index in [1.54, 1.807) is 22.2 Å². The smallest absolute Gasteiger partial charge is 0.262 e. The quantitative estimate of drug-likeness (QED) is 0.488. The maximum atomic E-state index is 12.6. The molecular formula is C22H18N6OS. The fourth-order valence-corrected chi connectivity index (χ4v) is 4.95. The third kappa shape index (κ3) is 2.92. The Labute approximate surface area is 175 Å². The van der Waals surface area contributed by atoms with Gasteiger partial charge in [-0.2, -0.15) is 5.10 Å². The number of hydrogen-bond donors (Lipinski definition) is 1. The summed E-state index contributed by atoms with van der Waals surface area (Å²) in [6.45, 7) is 2.53. The molecule has 0 amide bonds. The zero-order chi connectivity index (χ0) is 20.1. The van der Waals surface area contributed by atoms with Crippen LogP contribution in [0, 0.1) is 0 Å². The lowest BCUT2D eigenvalue weighted by molar-refractivity contribution is 0.134. The molecule has 0 saturated carbocycles. The highest BCUT2D eigenvalue weighted by molar-refractivity contribution is 7.18. The normalized spacial score (nSPS) is 15.1. The van der Waals surface area contributed by atoms with E-state index in [0.717, 1.165) is 41.7 Å². The van der Waals surface area contributed by atoms with Gasteiger partial charge >= 0.3 is 0 Å². The number of thiazole rings is 1. The van der Waals surface area contributed by atoms with Gasteiger partial charge in [0, 0.05) is 19.0 Å². The van der Waals surface area contributed by atoms with Crippen LogP contribution in [0.2, 0.25) is 0 Å². The molecule has 5 aromatic rings. The summed E-state index contributed by atoms with van der Waals surface area (Å²) in [7, 11) is 0. The average molecular weight is 414 g/mol. The first-order valence-electron chi connectivity index (χ1n) is 9.85. The van der Waals surface area contributed by atoms with Gasteiger partial charge < -0.3 is 4.98 Å². The molecule has 0 bridgehead atoms. The number of aromatic nitrogens is 5. The fraction of sp³-hybridized carbons (Fsp3) is 0.182. The Balaban J connectivity index is 1.24. The first-order valence-corrected chi connectivity index (χ1v) is 10.7. The van der Waals surface area contributed by atoms with Crippen molar-refractivity contribution >= 4 is 32.6 Å². The lowest BCUT2D eigenvalue weighted by Gasteiger charge is -2.37. The van der Waals surface area contributed by atoms with Crippen molar-refractivity contribution in [3.05, 3.63) is 82.0 Å². The molecule has 7 nitrogen and oxygen atoms in total. The highest BCUT2D eigenvalue weighted by Crippen LogP contribution is 2.29. The minimum atomic E-state index is -0.137. The Morgan fingerprint density at radius 2 is 1.83 bits per heavy atom. The van der Waals surface area contributed by atoms with Crippen molar-refractivity contribution in [1.82, 2.24) is 29.6 Å². The van der Waals surface area contributed by atoms with E-state index in [0.29, 0.717) is 11.0 Å². The number of rotatable bonds is 4. The molecule has 3 aromatic heterocycles. The Morgan fingerprint density at radius 3 is 2.67 bits per heavy atom. The van der Waals surface area contributed by atoms with E-state index < -0.39 is 0 Å². The summed E-state index contributed by atoms with van der Waals surface area (Å²) in [4.78, 5) is 27.4. The molecular weight excluding hydrogens is 396 g/mol. The van der Waals surface area contributed by atoms with Gasteiger partial charge in [-0.05, 0) is 24.3 Å². The zero-order valence-electron chi connectivity index (χ0n) is 16.0. The van der Waals surface area contributed by atoms with Crippen LogP contribution < -0.4 is 5.56 Å². The molecule has 0 spiro atoms. The number of fused-ring (bicyclic) bond motifs is 2. The maximum Gasteiger partial charge on any atom is 0.262 e. The van der Waals surface area contributed by atoms with Crippen molar-refractivity contribution < 1.29 is 0 Å². The van der Waals surface area contributed by atoms with E-state index in [1.165, 1.54) is 4.70 Å². The van der Waals surface area contributed by atoms with E-state index in [4.69, 9.17) is 9.97 Å². The van der Waals surface area contributed by atoms with Crippen LogP contribution in [0.25, 0.3) is 26.9 Å². The Bertz CT molecular complexity index is 1380. The van der Waals surface area contributed by atoms with E-state index in [2.05, 4.69) is 21.0 Å².